The third-order valence-electron chi connectivity index (χ3n) is 5.44. The second-order valence-electron chi connectivity index (χ2n) is 7.44. The van der Waals surface area contributed by atoms with Crippen molar-refractivity contribution in [2.24, 2.45) is 0 Å². The molecule has 1 atom stereocenters. The number of methoxy groups -OCH3 is 1. The van der Waals surface area contributed by atoms with Crippen LogP contribution in [0, 0.1) is 17.0 Å². The molecule has 0 fully saturated rings. The molecule has 0 spiro atoms. The molecular formula is C20H25N3O5S. The van der Waals surface area contributed by atoms with E-state index in [9.17, 15) is 18.5 Å². The molecule has 0 saturated carbocycles. The zero-order valence-corrected chi connectivity index (χ0v) is 17.7. The maximum atomic E-state index is 12.9. The molecule has 0 amide bonds. The van der Waals surface area contributed by atoms with Gasteiger partial charge in [-0.15, -0.1) is 0 Å². The van der Waals surface area contributed by atoms with Crippen molar-refractivity contribution < 1.29 is 18.1 Å². The molecule has 0 heterocycles. The van der Waals surface area contributed by atoms with Gasteiger partial charge in [-0.2, -0.15) is 0 Å². The molecule has 9 heteroatoms. The van der Waals surface area contributed by atoms with E-state index in [0.29, 0.717) is 23.7 Å². The molecule has 0 bridgehead atoms. The highest BCUT2D eigenvalue weighted by molar-refractivity contribution is 7.92. The van der Waals surface area contributed by atoms with Crippen molar-refractivity contribution in [2.45, 2.75) is 37.1 Å². The first-order valence-corrected chi connectivity index (χ1v) is 10.8. The average molecular weight is 420 g/mol. The predicted molar refractivity (Wildman–Crippen MR) is 111 cm³/mol. The number of aryl methyl sites for hydroxylation is 1. The normalized spacial score (nSPS) is 16.4. The highest BCUT2D eigenvalue weighted by Crippen LogP contribution is 2.37. The van der Waals surface area contributed by atoms with Crippen LogP contribution in [0.25, 0.3) is 0 Å². The van der Waals surface area contributed by atoms with Gasteiger partial charge in [0, 0.05) is 23.2 Å². The van der Waals surface area contributed by atoms with Gasteiger partial charge in [0.15, 0.2) is 0 Å². The predicted octanol–water partition coefficient (Wildman–Crippen LogP) is 3.13. The molecule has 0 aliphatic heterocycles. The number of likely N-dealkylation sites (N-methyl/N-ethyl adjacent to an activating group) is 1. The average Bonchev–Trinajstić information content (AvgIpc) is 2.67. The lowest BCUT2D eigenvalue weighted by atomic mass is 9.86. The molecule has 0 saturated heterocycles. The summed E-state index contributed by atoms with van der Waals surface area (Å²) in [6.45, 7) is 1.57. The molecule has 29 heavy (non-hydrogen) atoms. The van der Waals surface area contributed by atoms with Crippen molar-refractivity contribution in [1.82, 2.24) is 4.90 Å². The number of sulfonamides is 1. The summed E-state index contributed by atoms with van der Waals surface area (Å²) in [7, 11) is 1.68. The second-order valence-corrected chi connectivity index (χ2v) is 9.13. The fourth-order valence-electron chi connectivity index (χ4n) is 3.71. The standard InChI is InChI=1S/C20H25N3O5S/c1-13-5-7-15(12-19(13)23(24)25)29(26,27)21-18-9-10-20(28-4)17-11-14(22(2)3)6-8-16(17)18/h5,7,9-10,12,14,21H,6,8,11H2,1-4H3/t14-/m0/s1. The summed E-state index contributed by atoms with van der Waals surface area (Å²) in [6.07, 6.45) is 2.37. The Balaban J connectivity index is 2.00. The van der Waals surface area contributed by atoms with Crippen LogP contribution in [-0.2, 0) is 22.9 Å². The number of nitro benzene ring substituents is 1. The first kappa shape index (κ1) is 21.1. The molecule has 3 rings (SSSR count). The molecule has 1 aliphatic carbocycles. The van der Waals surface area contributed by atoms with Crippen molar-refractivity contribution >= 4 is 21.4 Å². The van der Waals surface area contributed by atoms with Crippen LogP contribution in [0.3, 0.4) is 0 Å². The Hall–Kier alpha value is -2.65. The van der Waals surface area contributed by atoms with Crippen LogP contribution in [0.15, 0.2) is 35.2 Å². The van der Waals surface area contributed by atoms with Gasteiger partial charge in [0.25, 0.3) is 15.7 Å². The van der Waals surface area contributed by atoms with Gasteiger partial charge in [0.1, 0.15) is 5.75 Å². The van der Waals surface area contributed by atoms with Gasteiger partial charge in [-0.05, 0) is 64.0 Å². The Morgan fingerprint density at radius 3 is 2.55 bits per heavy atom. The topological polar surface area (TPSA) is 102 Å². The second kappa shape index (κ2) is 8.00. The first-order chi connectivity index (χ1) is 13.6. The summed E-state index contributed by atoms with van der Waals surface area (Å²) in [4.78, 5) is 12.6. The number of nitrogens with one attached hydrogen (secondary N) is 1. The third kappa shape index (κ3) is 4.20. The number of hydrogen-bond acceptors (Lipinski definition) is 6. The Bertz CT molecular complexity index is 1050. The van der Waals surface area contributed by atoms with E-state index in [4.69, 9.17) is 4.74 Å². The van der Waals surface area contributed by atoms with Gasteiger partial charge < -0.3 is 9.64 Å². The van der Waals surface area contributed by atoms with Crippen LogP contribution in [-0.4, -0.2) is 45.5 Å². The lowest BCUT2D eigenvalue weighted by Gasteiger charge is -2.32. The molecule has 0 aromatic heterocycles. The van der Waals surface area contributed by atoms with Crippen molar-refractivity contribution in [3.63, 3.8) is 0 Å². The fraction of sp³-hybridized carbons (Fsp3) is 0.400. The monoisotopic (exact) mass is 419 g/mol. The summed E-state index contributed by atoms with van der Waals surface area (Å²) >= 11 is 0. The molecule has 2 aromatic carbocycles. The minimum absolute atomic E-state index is 0.138. The van der Waals surface area contributed by atoms with Gasteiger partial charge in [-0.25, -0.2) is 8.42 Å². The highest BCUT2D eigenvalue weighted by atomic mass is 32.2. The Kier molecular flexibility index (Phi) is 5.81. The van der Waals surface area contributed by atoms with Crippen LogP contribution in [0.4, 0.5) is 11.4 Å². The van der Waals surface area contributed by atoms with E-state index in [0.717, 1.165) is 35.8 Å². The zero-order valence-electron chi connectivity index (χ0n) is 16.9. The van der Waals surface area contributed by atoms with E-state index < -0.39 is 14.9 Å². The van der Waals surface area contributed by atoms with Gasteiger partial charge in [0.2, 0.25) is 0 Å². The molecule has 1 N–H and O–H groups in total. The number of nitrogens with zero attached hydrogens (tertiary/aromatic N) is 2. The lowest BCUT2D eigenvalue weighted by molar-refractivity contribution is -0.385. The number of benzene rings is 2. The molecule has 0 radical (unpaired) electrons. The van der Waals surface area contributed by atoms with E-state index >= 15 is 0 Å². The van der Waals surface area contributed by atoms with E-state index in [-0.39, 0.29) is 10.6 Å². The Labute approximate surface area is 170 Å². The quantitative estimate of drug-likeness (QED) is 0.570. The minimum atomic E-state index is -3.97. The minimum Gasteiger partial charge on any atom is -0.496 e. The third-order valence-corrected chi connectivity index (χ3v) is 6.80. The fourth-order valence-corrected chi connectivity index (χ4v) is 4.83. The van der Waals surface area contributed by atoms with Crippen LogP contribution in [0.2, 0.25) is 0 Å². The van der Waals surface area contributed by atoms with Crippen LogP contribution in [0.1, 0.15) is 23.1 Å². The van der Waals surface area contributed by atoms with Crippen LogP contribution < -0.4 is 9.46 Å². The van der Waals surface area contributed by atoms with E-state index in [1.165, 1.54) is 12.1 Å². The summed E-state index contributed by atoms with van der Waals surface area (Å²) in [5.74, 6) is 0.737. The van der Waals surface area contributed by atoms with E-state index in [1.54, 1.807) is 26.2 Å². The number of ether oxygens (including phenoxy) is 1. The molecular weight excluding hydrogens is 394 g/mol. The van der Waals surface area contributed by atoms with E-state index in [2.05, 4.69) is 9.62 Å². The molecule has 8 nitrogen and oxygen atoms in total. The number of anilines is 1. The van der Waals surface area contributed by atoms with Crippen molar-refractivity contribution in [3.8, 4) is 5.75 Å². The SMILES string of the molecule is COc1ccc(NS(=O)(=O)c2ccc(C)c([N+](=O)[O-])c2)c2c1C[C@@H](N(C)C)CC2. The van der Waals surface area contributed by atoms with Gasteiger partial charge in [0.05, 0.1) is 22.6 Å². The maximum Gasteiger partial charge on any atom is 0.273 e. The van der Waals surface area contributed by atoms with Gasteiger partial charge >= 0.3 is 0 Å². The summed E-state index contributed by atoms with van der Waals surface area (Å²) in [5.41, 5.74) is 2.57. The number of hydrogen-bond donors (Lipinski definition) is 1. The molecule has 0 unspecified atom stereocenters. The smallest absolute Gasteiger partial charge is 0.273 e. The summed E-state index contributed by atoms with van der Waals surface area (Å²) < 4.78 is 34.0. The van der Waals surface area contributed by atoms with Crippen LogP contribution in [0.5, 0.6) is 5.75 Å². The zero-order chi connectivity index (χ0) is 21.3. The van der Waals surface area contributed by atoms with Crippen molar-refractivity contribution in [2.75, 3.05) is 25.9 Å². The number of fused-ring (bicyclic) bond motifs is 1. The maximum absolute atomic E-state index is 12.9. The Morgan fingerprint density at radius 1 is 1.21 bits per heavy atom. The lowest BCUT2D eigenvalue weighted by Crippen LogP contribution is -2.34. The van der Waals surface area contributed by atoms with Crippen molar-refractivity contribution in [3.05, 3.63) is 57.1 Å². The van der Waals surface area contributed by atoms with Gasteiger partial charge in [-0.3, -0.25) is 14.8 Å². The van der Waals surface area contributed by atoms with Crippen LogP contribution >= 0.6 is 0 Å². The van der Waals surface area contributed by atoms with Gasteiger partial charge in [-0.1, -0.05) is 6.07 Å². The summed E-state index contributed by atoms with van der Waals surface area (Å²) in [6, 6.07) is 7.71. The van der Waals surface area contributed by atoms with Crippen molar-refractivity contribution in [1.29, 1.82) is 0 Å². The molecule has 156 valence electrons. The first-order valence-electron chi connectivity index (χ1n) is 9.27. The molecule has 2 aromatic rings. The summed E-state index contributed by atoms with van der Waals surface area (Å²) in [5, 5.41) is 11.2. The number of rotatable bonds is 6. The van der Waals surface area contributed by atoms with E-state index in [1.807, 2.05) is 14.1 Å². The number of nitro groups is 1. The Morgan fingerprint density at radius 2 is 1.93 bits per heavy atom. The molecule has 1 aliphatic rings. The highest BCUT2D eigenvalue weighted by Gasteiger charge is 2.27. The largest absolute Gasteiger partial charge is 0.496 e.